The Bertz CT molecular complexity index is 923. The minimum atomic E-state index is -3.37. The highest BCUT2D eigenvalue weighted by molar-refractivity contribution is 7.92. The fraction of sp³-hybridized carbons (Fsp3) is 0.176. The Morgan fingerprint density at radius 2 is 1.84 bits per heavy atom. The molecule has 7 nitrogen and oxygen atoms in total. The third-order valence-corrected chi connectivity index (χ3v) is 5.11. The number of anilines is 3. The van der Waals surface area contributed by atoms with Crippen molar-refractivity contribution in [3.63, 3.8) is 0 Å². The minimum absolute atomic E-state index is 0.0344. The van der Waals surface area contributed by atoms with E-state index < -0.39 is 10.0 Å². The molecule has 0 aliphatic carbocycles. The SMILES string of the molecule is CCS(=O)(=O)Nc1ccc(C(=O)N2CC(=O)Nc3ccccc32)cc1. The molecule has 0 spiro atoms. The number of amides is 2. The topological polar surface area (TPSA) is 95.6 Å². The molecule has 0 radical (unpaired) electrons. The normalized spacial score (nSPS) is 13.8. The maximum Gasteiger partial charge on any atom is 0.258 e. The van der Waals surface area contributed by atoms with Crippen LogP contribution in [-0.4, -0.2) is 32.5 Å². The first-order chi connectivity index (χ1) is 11.9. The zero-order valence-electron chi connectivity index (χ0n) is 13.5. The summed E-state index contributed by atoms with van der Waals surface area (Å²) in [5.74, 6) is -0.626. The average molecular weight is 359 g/mol. The molecule has 0 unspecified atom stereocenters. The maximum absolute atomic E-state index is 12.8. The van der Waals surface area contributed by atoms with Gasteiger partial charge in [0.15, 0.2) is 0 Å². The van der Waals surface area contributed by atoms with Crippen molar-refractivity contribution in [1.82, 2.24) is 0 Å². The van der Waals surface area contributed by atoms with E-state index in [-0.39, 0.29) is 24.1 Å². The number of fused-ring (bicyclic) bond motifs is 1. The summed E-state index contributed by atoms with van der Waals surface area (Å²) < 4.78 is 25.6. The predicted octanol–water partition coefficient (Wildman–Crippen LogP) is 2.05. The van der Waals surface area contributed by atoms with E-state index in [1.54, 1.807) is 31.2 Å². The van der Waals surface area contributed by atoms with E-state index in [2.05, 4.69) is 10.0 Å². The Kier molecular flexibility index (Phi) is 4.45. The quantitative estimate of drug-likeness (QED) is 0.873. The number of rotatable bonds is 4. The lowest BCUT2D eigenvalue weighted by atomic mass is 10.1. The van der Waals surface area contributed by atoms with Gasteiger partial charge in [0.25, 0.3) is 5.91 Å². The second-order valence-electron chi connectivity index (χ2n) is 5.54. The lowest BCUT2D eigenvalue weighted by Crippen LogP contribution is -2.42. The molecule has 0 saturated carbocycles. The number of nitrogens with one attached hydrogen (secondary N) is 2. The van der Waals surface area contributed by atoms with Gasteiger partial charge in [-0.05, 0) is 43.3 Å². The molecule has 0 bridgehead atoms. The van der Waals surface area contributed by atoms with Crippen LogP contribution >= 0.6 is 0 Å². The summed E-state index contributed by atoms with van der Waals surface area (Å²) in [7, 11) is -3.37. The van der Waals surface area contributed by atoms with Crippen LogP contribution in [0.2, 0.25) is 0 Å². The first-order valence-electron chi connectivity index (χ1n) is 7.71. The summed E-state index contributed by atoms with van der Waals surface area (Å²) >= 11 is 0. The Hall–Kier alpha value is -2.87. The van der Waals surface area contributed by atoms with Crippen LogP contribution in [0.5, 0.6) is 0 Å². The first kappa shape index (κ1) is 17.0. The molecule has 8 heteroatoms. The van der Waals surface area contributed by atoms with Crippen LogP contribution < -0.4 is 14.9 Å². The van der Waals surface area contributed by atoms with Gasteiger partial charge in [-0.25, -0.2) is 8.42 Å². The van der Waals surface area contributed by atoms with E-state index in [9.17, 15) is 18.0 Å². The zero-order chi connectivity index (χ0) is 18.0. The fourth-order valence-corrected chi connectivity index (χ4v) is 3.14. The van der Waals surface area contributed by atoms with E-state index in [1.807, 2.05) is 0 Å². The van der Waals surface area contributed by atoms with Crippen molar-refractivity contribution in [2.45, 2.75) is 6.92 Å². The number of carbonyl (C=O) groups is 2. The van der Waals surface area contributed by atoms with Gasteiger partial charge < -0.3 is 5.32 Å². The molecule has 0 saturated heterocycles. The van der Waals surface area contributed by atoms with Crippen LogP contribution in [-0.2, 0) is 14.8 Å². The Morgan fingerprint density at radius 1 is 1.16 bits per heavy atom. The third-order valence-electron chi connectivity index (χ3n) is 3.80. The van der Waals surface area contributed by atoms with Crippen molar-refractivity contribution >= 4 is 38.9 Å². The van der Waals surface area contributed by atoms with Crippen LogP contribution in [0.1, 0.15) is 17.3 Å². The predicted molar refractivity (Wildman–Crippen MR) is 96.3 cm³/mol. The Morgan fingerprint density at radius 3 is 2.52 bits per heavy atom. The van der Waals surface area contributed by atoms with E-state index in [1.165, 1.54) is 29.2 Å². The smallest absolute Gasteiger partial charge is 0.258 e. The number of carbonyl (C=O) groups excluding carboxylic acids is 2. The molecule has 2 aromatic carbocycles. The molecule has 2 amide bonds. The van der Waals surface area contributed by atoms with Gasteiger partial charge in [-0.15, -0.1) is 0 Å². The van der Waals surface area contributed by atoms with Gasteiger partial charge in [-0.2, -0.15) is 0 Å². The molecule has 2 N–H and O–H groups in total. The van der Waals surface area contributed by atoms with E-state index in [4.69, 9.17) is 0 Å². The highest BCUT2D eigenvalue weighted by atomic mass is 32.2. The molecular weight excluding hydrogens is 342 g/mol. The molecule has 0 aromatic heterocycles. The second-order valence-corrected chi connectivity index (χ2v) is 7.55. The van der Waals surface area contributed by atoms with Crippen molar-refractivity contribution in [1.29, 1.82) is 0 Å². The zero-order valence-corrected chi connectivity index (χ0v) is 14.3. The fourth-order valence-electron chi connectivity index (χ4n) is 2.50. The van der Waals surface area contributed by atoms with E-state index in [0.29, 0.717) is 22.6 Å². The number of sulfonamides is 1. The summed E-state index contributed by atoms with van der Waals surface area (Å²) in [6.45, 7) is 1.47. The van der Waals surface area contributed by atoms with Crippen LogP contribution in [0.25, 0.3) is 0 Å². The molecule has 1 aliphatic heterocycles. The van der Waals surface area contributed by atoms with Gasteiger partial charge >= 0.3 is 0 Å². The van der Waals surface area contributed by atoms with Gasteiger partial charge in [0.1, 0.15) is 6.54 Å². The summed E-state index contributed by atoms with van der Waals surface area (Å²) in [4.78, 5) is 26.0. The number of benzene rings is 2. The summed E-state index contributed by atoms with van der Waals surface area (Å²) in [6, 6.07) is 13.2. The molecule has 25 heavy (non-hydrogen) atoms. The molecule has 1 aliphatic rings. The second kappa shape index (κ2) is 6.56. The average Bonchev–Trinajstić information content (AvgIpc) is 2.60. The van der Waals surface area contributed by atoms with E-state index >= 15 is 0 Å². The van der Waals surface area contributed by atoms with Crippen molar-refractivity contribution in [2.75, 3.05) is 27.2 Å². The third kappa shape index (κ3) is 3.63. The molecule has 2 aromatic rings. The molecule has 3 rings (SSSR count). The van der Waals surface area contributed by atoms with Crippen LogP contribution in [0.3, 0.4) is 0 Å². The van der Waals surface area contributed by atoms with Gasteiger partial charge in [0.2, 0.25) is 15.9 Å². The van der Waals surface area contributed by atoms with Crippen molar-refractivity contribution in [2.24, 2.45) is 0 Å². The van der Waals surface area contributed by atoms with E-state index in [0.717, 1.165) is 0 Å². The van der Waals surface area contributed by atoms with Gasteiger partial charge in [0.05, 0.1) is 17.1 Å². The monoisotopic (exact) mass is 359 g/mol. The Balaban J connectivity index is 1.85. The van der Waals surface area contributed by atoms with Gasteiger partial charge in [-0.3, -0.25) is 19.2 Å². The summed E-state index contributed by atoms with van der Waals surface area (Å²) in [5.41, 5.74) is 1.96. The lowest BCUT2D eigenvalue weighted by Gasteiger charge is -2.29. The molecule has 130 valence electrons. The summed E-state index contributed by atoms with van der Waals surface area (Å²) in [5, 5.41) is 2.73. The molecule has 0 atom stereocenters. The van der Waals surface area contributed by atoms with Gasteiger partial charge in [-0.1, -0.05) is 12.1 Å². The van der Waals surface area contributed by atoms with Crippen LogP contribution in [0.15, 0.2) is 48.5 Å². The highest BCUT2D eigenvalue weighted by Gasteiger charge is 2.27. The number of hydrogen-bond donors (Lipinski definition) is 2. The number of nitrogens with zero attached hydrogens (tertiary/aromatic N) is 1. The van der Waals surface area contributed by atoms with Crippen molar-refractivity contribution in [3.05, 3.63) is 54.1 Å². The molecule has 0 fully saturated rings. The molecular formula is C17H17N3O4S. The Labute approximate surface area is 145 Å². The van der Waals surface area contributed by atoms with Crippen molar-refractivity contribution in [3.8, 4) is 0 Å². The lowest BCUT2D eigenvalue weighted by molar-refractivity contribution is -0.115. The van der Waals surface area contributed by atoms with Crippen LogP contribution in [0, 0.1) is 0 Å². The standard InChI is InChI=1S/C17H17N3O4S/c1-2-25(23,24)19-13-9-7-12(8-10-13)17(22)20-11-16(21)18-14-5-3-4-6-15(14)20/h3-10,19H,2,11H2,1H3,(H,18,21). The van der Waals surface area contributed by atoms with Gasteiger partial charge in [0, 0.05) is 11.3 Å². The maximum atomic E-state index is 12.8. The van der Waals surface area contributed by atoms with Crippen molar-refractivity contribution < 1.29 is 18.0 Å². The molecule has 1 heterocycles. The highest BCUT2D eigenvalue weighted by Crippen LogP contribution is 2.30. The number of para-hydroxylation sites is 2. The first-order valence-corrected chi connectivity index (χ1v) is 9.36. The largest absolute Gasteiger partial charge is 0.323 e. The minimum Gasteiger partial charge on any atom is -0.323 e. The van der Waals surface area contributed by atoms with Crippen LogP contribution in [0.4, 0.5) is 17.1 Å². The summed E-state index contributed by atoms with van der Waals surface area (Å²) in [6.07, 6.45) is 0. The number of hydrogen-bond acceptors (Lipinski definition) is 4.